The molecule has 2 aromatic rings. The van der Waals surface area contributed by atoms with Gasteiger partial charge in [-0.1, -0.05) is 0 Å². The first kappa shape index (κ1) is 28.8. The number of ether oxygens (including phenoxy) is 4. The topological polar surface area (TPSA) is 138 Å². The molecule has 0 unspecified atom stereocenters. The quantitative estimate of drug-likeness (QED) is 0.457. The predicted octanol–water partition coefficient (Wildman–Crippen LogP) is 2.00. The molecule has 12 heteroatoms. The van der Waals surface area contributed by atoms with Gasteiger partial charge in [-0.2, -0.15) is 0 Å². The average Bonchev–Trinajstić information content (AvgIpc) is 3.72. The maximum atomic E-state index is 11.1. The van der Waals surface area contributed by atoms with E-state index >= 15 is 0 Å². The Balaban J connectivity index is 0.000000206. The van der Waals surface area contributed by atoms with Gasteiger partial charge in [0.1, 0.15) is 11.5 Å². The summed E-state index contributed by atoms with van der Waals surface area (Å²) in [5.41, 5.74) is 0. The summed E-state index contributed by atoms with van der Waals surface area (Å²) in [6.45, 7) is 1.68. The van der Waals surface area contributed by atoms with Crippen LogP contribution in [-0.2, 0) is 41.4 Å². The summed E-state index contributed by atoms with van der Waals surface area (Å²) in [7, 11) is 8.21. The van der Waals surface area contributed by atoms with E-state index in [4.69, 9.17) is 18.3 Å². The molecule has 2 aliphatic rings. The Kier molecular flexibility index (Phi) is 11.1. The van der Waals surface area contributed by atoms with Crippen molar-refractivity contribution in [2.75, 3.05) is 48.6 Å². The Hall–Kier alpha value is -2.80. The molecule has 1 N–H and O–H groups in total. The van der Waals surface area contributed by atoms with E-state index in [2.05, 4.69) is 29.7 Å². The third kappa shape index (κ3) is 8.35. The molecule has 0 aromatic carbocycles. The van der Waals surface area contributed by atoms with Crippen LogP contribution in [0.15, 0.2) is 21.2 Å². The van der Waals surface area contributed by atoms with Crippen molar-refractivity contribution in [1.82, 2.24) is 20.2 Å². The third-order valence-electron chi connectivity index (χ3n) is 6.60. The van der Waals surface area contributed by atoms with Crippen LogP contribution in [0.2, 0.25) is 0 Å². The number of esters is 2. The fourth-order valence-corrected chi connectivity index (χ4v) is 4.33. The maximum Gasteiger partial charge on any atom is 0.305 e. The number of oxazole rings is 2. The monoisotopic (exact) mass is 522 g/mol. The number of nitrogens with one attached hydrogen (secondary N) is 1. The minimum Gasteiger partial charge on any atom is -0.469 e. The molecule has 0 spiro atoms. The molecule has 0 radical (unpaired) electrons. The van der Waals surface area contributed by atoms with Gasteiger partial charge in [0.05, 0.1) is 63.7 Å². The molecule has 2 aliphatic heterocycles. The normalized spacial score (nSPS) is 23.5. The van der Waals surface area contributed by atoms with Crippen molar-refractivity contribution in [2.24, 2.45) is 0 Å². The number of carbonyl (C=O) groups is 2. The number of likely N-dealkylation sites (tertiary alicyclic amines) is 1. The second kappa shape index (κ2) is 14.2. The van der Waals surface area contributed by atoms with Gasteiger partial charge in [0.25, 0.3) is 0 Å². The lowest BCUT2D eigenvalue weighted by atomic mass is 10.2. The number of aromatic nitrogens is 2. The van der Waals surface area contributed by atoms with E-state index in [-0.39, 0.29) is 36.2 Å². The molecular formula is C25H38N4O8. The molecular weight excluding hydrogens is 484 g/mol. The summed E-state index contributed by atoms with van der Waals surface area (Å²) in [6.07, 6.45) is 7.17. The largest absolute Gasteiger partial charge is 0.469 e. The van der Waals surface area contributed by atoms with Crippen LogP contribution in [-0.4, -0.2) is 87.6 Å². The number of carbonyl (C=O) groups excluding carboxylic acids is 2. The van der Waals surface area contributed by atoms with Crippen molar-refractivity contribution in [3.05, 3.63) is 35.7 Å². The first-order valence-electron chi connectivity index (χ1n) is 12.4. The van der Waals surface area contributed by atoms with Gasteiger partial charge in [-0.25, -0.2) is 9.97 Å². The van der Waals surface area contributed by atoms with Crippen LogP contribution in [0.5, 0.6) is 0 Å². The first-order chi connectivity index (χ1) is 17.9. The number of hydrogen-bond acceptors (Lipinski definition) is 12. The summed E-state index contributed by atoms with van der Waals surface area (Å²) < 4.78 is 31.1. The lowest BCUT2D eigenvalue weighted by Gasteiger charge is -2.14. The average molecular weight is 523 g/mol. The van der Waals surface area contributed by atoms with Gasteiger partial charge >= 0.3 is 11.9 Å². The van der Waals surface area contributed by atoms with Crippen LogP contribution in [0.1, 0.15) is 61.1 Å². The van der Waals surface area contributed by atoms with Crippen molar-refractivity contribution in [1.29, 1.82) is 0 Å². The van der Waals surface area contributed by atoms with Gasteiger partial charge in [-0.3, -0.25) is 14.5 Å². The fraction of sp³-hybridized carbons (Fsp3) is 0.680. The van der Waals surface area contributed by atoms with Gasteiger partial charge in [-0.15, -0.1) is 0 Å². The zero-order valence-corrected chi connectivity index (χ0v) is 22.2. The minimum atomic E-state index is -0.244. The summed E-state index contributed by atoms with van der Waals surface area (Å²) in [4.78, 5) is 32.8. The number of aryl methyl sites for hydroxylation is 2. The molecule has 0 aliphatic carbocycles. The van der Waals surface area contributed by atoms with E-state index in [0.717, 1.165) is 31.7 Å². The number of likely N-dealkylation sites (N-methyl/N-ethyl adjacent to an activating group) is 1. The highest BCUT2D eigenvalue weighted by Gasteiger charge is 2.33. The molecule has 37 heavy (non-hydrogen) atoms. The zero-order valence-electron chi connectivity index (χ0n) is 22.2. The molecule has 2 fully saturated rings. The molecule has 0 bridgehead atoms. The summed E-state index contributed by atoms with van der Waals surface area (Å²) in [6, 6.07) is 0.249. The van der Waals surface area contributed by atoms with E-state index in [9.17, 15) is 9.59 Å². The standard InChI is InChI=1S/C13H20N2O4.C12H18N2O4/c1-15-8-10(17-2)6-11(15)13-14-7-9(19-13)4-5-12(16)18-3;1-16-9-5-10(13-7-9)12-14-6-8(18-12)3-4-11(15)17-2/h7,10-11H,4-6,8H2,1-3H3;6,9-10,13H,3-5,7H2,1-2H3/t10-,11-;9-,10-/m00/s1. The van der Waals surface area contributed by atoms with Crippen molar-refractivity contribution in [3.8, 4) is 0 Å². The Labute approximate surface area is 217 Å². The summed E-state index contributed by atoms with van der Waals surface area (Å²) in [5, 5.41) is 3.29. The Morgan fingerprint density at radius 1 is 0.919 bits per heavy atom. The molecule has 0 amide bonds. The lowest BCUT2D eigenvalue weighted by molar-refractivity contribution is -0.141. The second-order valence-electron chi connectivity index (χ2n) is 9.08. The minimum absolute atomic E-state index is 0.0989. The van der Waals surface area contributed by atoms with E-state index in [1.165, 1.54) is 14.2 Å². The summed E-state index contributed by atoms with van der Waals surface area (Å²) in [5.74, 6) is 2.30. The maximum absolute atomic E-state index is 11.1. The second-order valence-corrected chi connectivity index (χ2v) is 9.08. The number of methoxy groups -OCH3 is 4. The molecule has 2 saturated heterocycles. The Morgan fingerprint density at radius 3 is 2.00 bits per heavy atom. The van der Waals surface area contributed by atoms with Crippen molar-refractivity contribution in [2.45, 2.75) is 62.8 Å². The van der Waals surface area contributed by atoms with Crippen LogP contribution in [0.4, 0.5) is 0 Å². The third-order valence-corrected chi connectivity index (χ3v) is 6.60. The molecule has 4 rings (SSSR count). The van der Waals surface area contributed by atoms with E-state index in [1.807, 2.05) is 7.05 Å². The predicted molar refractivity (Wildman–Crippen MR) is 131 cm³/mol. The fourth-order valence-electron chi connectivity index (χ4n) is 4.33. The van der Waals surface area contributed by atoms with E-state index < -0.39 is 0 Å². The molecule has 4 heterocycles. The molecule has 0 saturated carbocycles. The van der Waals surface area contributed by atoms with Crippen molar-refractivity contribution < 1.29 is 37.4 Å². The van der Waals surface area contributed by atoms with Crippen molar-refractivity contribution in [3.63, 3.8) is 0 Å². The highest BCUT2D eigenvalue weighted by atomic mass is 16.5. The SMILES string of the molecule is COC(=O)CCc1cnc([C@@H]2C[C@H](OC)CN2)o1.COC(=O)CCc1cnc([C@@H]2C[C@H](OC)CN2C)o1. The van der Waals surface area contributed by atoms with Gasteiger partial charge in [0.2, 0.25) is 11.8 Å². The van der Waals surface area contributed by atoms with Crippen molar-refractivity contribution >= 4 is 11.9 Å². The Bertz CT molecular complexity index is 993. The molecule has 206 valence electrons. The number of rotatable bonds is 10. The van der Waals surface area contributed by atoms with Crippen LogP contribution >= 0.6 is 0 Å². The smallest absolute Gasteiger partial charge is 0.305 e. The highest BCUT2D eigenvalue weighted by Crippen LogP contribution is 2.31. The van der Waals surface area contributed by atoms with Crippen LogP contribution in [0.25, 0.3) is 0 Å². The Morgan fingerprint density at radius 2 is 1.49 bits per heavy atom. The number of nitrogens with zero attached hydrogens (tertiary/aromatic N) is 3. The highest BCUT2D eigenvalue weighted by molar-refractivity contribution is 5.69. The van der Waals surface area contributed by atoms with E-state index in [0.29, 0.717) is 43.2 Å². The molecule has 12 nitrogen and oxygen atoms in total. The number of hydrogen-bond donors (Lipinski definition) is 1. The molecule has 4 atom stereocenters. The zero-order chi connectivity index (χ0) is 26.8. The summed E-state index contributed by atoms with van der Waals surface area (Å²) >= 11 is 0. The van der Waals surface area contributed by atoms with Gasteiger partial charge in [0, 0.05) is 40.2 Å². The van der Waals surface area contributed by atoms with Gasteiger partial charge in [-0.05, 0) is 19.9 Å². The van der Waals surface area contributed by atoms with E-state index in [1.54, 1.807) is 26.6 Å². The van der Waals surface area contributed by atoms with Gasteiger partial charge in [0.15, 0.2) is 0 Å². The van der Waals surface area contributed by atoms with Gasteiger partial charge < -0.3 is 33.1 Å². The lowest BCUT2D eigenvalue weighted by Crippen LogP contribution is -2.20. The van der Waals surface area contributed by atoms with Crippen LogP contribution < -0.4 is 5.32 Å². The van der Waals surface area contributed by atoms with Crippen LogP contribution in [0.3, 0.4) is 0 Å². The molecule has 2 aromatic heterocycles. The van der Waals surface area contributed by atoms with Crippen LogP contribution in [0, 0.1) is 0 Å². The first-order valence-corrected chi connectivity index (χ1v) is 12.4.